The maximum atomic E-state index is 6.24. The molecule has 0 heterocycles. The second-order valence-corrected chi connectivity index (χ2v) is 5.57. The number of nitrogens with one attached hydrogen (secondary N) is 1. The quantitative estimate of drug-likeness (QED) is 0.805. The van der Waals surface area contributed by atoms with E-state index in [4.69, 9.17) is 16.3 Å². The van der Waals surface area contributed by atoms with Crippen LogP contribution < -0.4 is 10.1 Å². The van der Waals surface area contributed by atoms with E-state index in [1.54, 1.807) is 0 Å². The van der Waals surface area contributed by atoms with Gasteiger partial charge in [-0.1, -0.05) is 50.2 Å². The number of fused-ring (bicyclic) bond motifs is 1. The lowest BCUT2D eigenvalue weighted by molar-refractivity contribution is 0.313. The van der Waals surface area contributed by atoms with Crippen LogP contribution in [0.2, 0.25) is 0 Å². The Kier molecular flexibility index (Phi) is 7.14. The standard InChI is InChI=1S/C16H20ClNO.ClH/c1-12(2)18-10-14(17)11-19-16-9-5-7-13-6-3-4-8-15(13)16;/h3-9,12,14,18H,10-11H2,1-2H3;1H. The topological polar surface area (TPSA) is 21.3 Å². The monoisotopic (exact) mass is 313 g/mol. The van der Waals surface area contributed by atoms with E-state index in [-0.39, 0.29) is 17.8 Å². The van der Waals surface area contributed by atoms with Crippen LogP contribution in [0.5, 0.6) is 5.75 Å². The van der Waals surface area contributed by atoms with Gasteiger partial charge in [0, 0.05) is 18.0 Å². The van der Waals surface area contributed by atoms with E-state index in [9.17, 15) is 0 Å². The van der Waals surface area contributed by atoms with E-state index in [0.717, 1.165) is 17.7 Å². The Hall–Kier alpha value is -0.960. The van der Waals surface area contributed by atoms with Gasteiger partial charge >= 0.3 is 0 Å². The highest BCUT2D eigenvalue weighted by molar-refractivity contribution is 6.20. The van der Waals surface area contributed by atoms with Gasteiger partial charge in [-0.15, -0.1) is 24.0 Å². The van der Waals surface area contributed by atoms with Crippen molar-refractivity contribution in [3.05, 3.63) is 42.5 Å². The summed E-state index contributed by atoms with van der Waals surface area (Å²) in [6, 6.07) is 14.7. The van der Waals surface area contributed by atoms with Crippen molar-refractivity contribution in [3.63, 3.8) is 0 Å². The summed E-state index contributed by atoms with van der Waals surface area (Å²) in [5, 5.41) is 5.60. The van der Waals surface area contributed by atoms with Crippen molar-refractivity contribution < 1.29 is 4.74 Å². The molecular weight excluding hydrogens is 293 g/mol. The van der Waals surface area contributed by atoms with E-state index < -0.39 is 0 Å². The van der Waals surface area contributed by atoms with Gasteiger partial charge in [-0.05, 0) is 11.5 Å². The van der Waals surface area contributed by atoms with Crippen molar-refractivity contribution in [3.8, 4) is 5.75 Å². The fraction of sp³-hybridized carbons (Fsp3) is 0.375. The van der Waals surface area contributed by atoms with E-state index in [1.807, 2.05) is 24.3 Å². The van der Waals surface area contributed by atoms with Crippen LogP contribution in [0.1, 0.15) is 13.8 Å². The second kappa shape index (κ2) is 8.35. The van der Waals surface area contributed by atoms with Gasteiger partial charge in [0.15, 0.2) is 0 Å². The number of benzene rings is 2. The number of alkyl halides is 1. The average Bonchev–Trinajstić information content (AvgIpc) is 2.42. The average molecular weight is 314 g/mol. The van der Waals surface area contributed by atoms with Gasteiger partial charge in [-0.25, -0.2) is 0 Å². The van der Waals surface area contributed by atoms with Crippen LogP contribution in [0.25, 0.3) is 10.8 Å². The van der Waals surface area contributed by atoms with Crippen LogP contribution in [-0.2, 0) is 0 Å². The van der Waals surface area contributed by atoms with E-state index in [0.29, 0.717) is 12.6 Å². The molecule has 0 bridgehead atoms. The van der Waals surface area contributed by atoms with E-state index >= 15 is 0 Å². The lowest BCUT2D eigenvalue weighted by Crippen LogP contribution is -2.32. The summed E-state index contributed by atoms with van der Waals surface area (Å²) in [6.07, 6.45) is 0. The van der Waals surface area contributed by atoms with Crippen molar-refractivity contribution >= 4 is 34.8 Å². The highest BCUT2D eigenvalue weighted by Crippen LogP contribution is 2.25. The minimum atomic E-state index is -0.0265. The highest BCUT2D eigenvalue weighted by Gasteiger charge is 2.08. The Morgan fingerprint density at radius 1 is 1.10 bits per heavy atom. The molecule has 2 nitrogen and oxygen atoms in total. The van der Waals surface area contributed by atoms with Crippen LogP contribution in [0.4, 0.5) is 0 Å². The molecule has 110 valence electrons. The zero-order chi connectivity index (χ0) is 13.7. The zero-order valence-electron chi connectivity index (χ0n) is 11.8. The third-order valence-corrected chi connectivity index (χ3v) is 3.20. The van der Waals surface area contributed by atoms with Gasteiger partial charge in [0.05, 0.1) is 5.38 Å². The van der Waals surface area contributed by atoms with Gasteiger partial charge in [-0.3, -0.25) is 0 Å². The Labute approximate surface area is 131 Å². The highest BCUT2D eigenvalue weighted by atomic mass is 35.5. The molecule has 0 radical (unpaired) electrons. The summed E-state index contributed by atoms with van der Waals surface area (Å²) in [5.41, 5.74) is 0. The first-order valence-corrected chi connectivity index (χ1v) is 7.08. The Morgan fingerprint density at radius 2 is 1.80 bits per heavy atom. The lowest BCUT2D eigenvalue weighted by atomic mass is 10.1. The summed E-state index contributed by atoms with van der Waals surface area (Å²) < 4.78 is 5.84. The Morgan fingerprint density at radius 3 is 2.55 bits per heavy atom. The van der Waals surface area contributed by atoms with Crippen molar-refractivity contribution in [2.45, 2.75) is 25.3 Å². The molecule has 1 N–H and O–H groups in total. The van der Waals surface area contributed by atoms with E-state index in [2.05, 4.69) is 37.4 Å². The molecule has 0 amide bonds. The number of halogens is 2. The molecule has 4 heteroatoms. The van der Waals surface area contributed by atoms with Gasteiger partial charge in [0.2, 0.25) is 0 Å². The molecule has 0 aliphatic rings. The smallest absolute Gasteiger partial charge is 0.127 e. The molecule has 0 aliphatic heterocycles. The number of ether oxygens (including phenoxy) is 1. The van der Waals surface area contributed by atoms with Gasteiger partial charge in [0.1, 0.15) is 12.4 Å². The molecule has 0 saturated heterocycles. The number of rotatable bonds is 6. The largest absolute Gasteiger partial charge is 0.491 e. The molecule has 0 aliphatic carbocycles. The number of hydrogen-bond acceptors (Lipinski definition) is 2. The maximum Gasteiger partial charge on any atom is 0.127 e. The minimum absolute atomic E-state index is 0. The predicted molar refractivity (Wildman–Crippen MR) is 89.5 cm³/mol. The SMILES string of the molecule is CC(C)NCC(Cl)COc1cccc2ccccc12.Cl. The third-order valence-electron chi connectivity index (χ3n) is 2.92. The van der Waals surface area contributed by atoms with Crippen molar-refractivity contribution in [2.24, 2.45) is 0 Å². The molecule has 0 fully saturated rings. The van der Waals surface area contributed by atoms with Crippen LogP contribution in [0, 0.1) is 0 Å². The van der Waals surface area contributed by atoms with Crippen molar-refractivity contribution in [1.82, 2.24) is 5.32 Å². The molecule has 2 rings (SSSR count). The van der Waals surface area contributed by atoms with Crippen molar-refractivity contribution in [2.75, 3.05) is 13.2 Å². The normalized spacial score (nSPS) is 12.2. The van der Waals surface area contributed by atoms with Gasteiger partial charge < -0.3 is 10.1 Å². The first-order valence-electron chi connectivity index (χ1n) is 6.65. The predicted octanol–water partition coefficient (Wildman–Crippen LogP) is 4.25. The minimum Gasteiger partial charge on any atom is -0.491 e. The van der Waals surface area contributed by atoms with Crippen LogP contribution >= 0.6 is 24.0 Å². The van der Waals surface area contributed by atoms with Gasteiger partial charge in [0.25, 0.3) is 0 Å². The molecular formula is C16H21Cl2NO. The van der Waals surface area contributed by atoms with E-state index in [1.165, 1.54) is 5.39 Å². The summed E-state index contributed by atoms with van der Waals surface area (Å²) in [4.78, 5) is 0. The summed E-state index contributed by atoms with van der Waals surface area (Å²) in [5.74, 6) is 0.897. The molecule has 0 saturated carbocycles. The summed E-state index contributed by atoms with van der Waals surface area (Å²) in [6.45, 7) is 5.48. The first kappa shape index (κ1) is 17.1. The third kappa shape index (κ3) is 4.86. The molecule has 2 aromatic rings. The molecule has 2 aromatic carbocycles. The fourth-order valence-corrected chi connectivity index (χ4v) is 2.08. The van der Waals surface area contributed by atoms with Crippen LogP contribution in [0.15, 0.2) is 42.5 Å². The van der Waals surface area contributed by atoms with Gasteiger partial charge in [-0.2, -0.15) is 0 Å². The Balaban J connectivity index is 0.00000200. The molecule has 0 aromatic heterocycles. The van der Waals surface area contributed by atoms with Crippen molar-refractivity contribution in [1.29, 1.82) is 0 Å². The zero-order valence-corrected chi connectivity index (χ0v) is 13.4. The summed E-state index contributed by atoms with van der Waals surface area (Å²) in [7, 11) is 0. The fourth-order valence-electron chi connectivity index (χ4n) is 1.92. The maximum absolute atomic E-state index is 6.24. The Bertz CT molecular complexity index is 525. The number of hydrogen-bond donors (Lipinski definition) is 1. The molecule has 20 heavy (non-hydrogen) atoms. The summed E-state index contributed by atoms with van der Waals surface area (Å²) >= 11 is 6.24. The second-order valence-electron chi connectivity index (χ2n) is 4.95. The lowest BCUT2D eigenvalue weighted by Gasteiger charge is -2.15. The molecule has 0 spiro atoms. The molecule has 1 unspecified atom stereocenters. The van der Waals surface area contributed by atoms with Crippen LogP contribution in [-0.4, -0.2) is 24.6 Å². The first-order chi connectivity index (χ1) is 9.16. The van der Waals surface area contributed by atoms with Crippen LogP contribution in [0.3, 0.4) is 0 Å². The molecule has 1 atom stereocenters.